The quantitative estimate of drug-likeness (QED) is 0.307. The minimum absolute atomic E-state index is 0.0678. The predicted octanol–water partition coefficient (Wildman–Crippen LogP) is 5.15. The number of fused-ring (bicyclic) bond motifs is 3. The van der Waals surface area contributed by atoms with Crippen LogP contribution < -0.4 is 10.6 Å². The number of aromatic nitrogens is 3. The first-order chi connectivity index (χ1) is 21.5. The molecule has 0 radical (unpaired) electrons. The molecule has 0 saturated carbocycles. The molecule has 3 atom stereocenters. The summed E-state index contributed by atoms with van der Waals surface area (Å²) in [7, 11) is 2.06. The number of halogens is 4. The second-order valence-corrected chi connectivity index (χ2v) is 12.0. The minimum atomic E-state index is -4.90. The van der Waals surface area contributed by atoms with Crippen LogP contribution in [-0.2, 0) is 11.0 Å². The molecule has 9 nitrogen and oxygen atoms in total. The van der Waals surface area contributed by atoms with Crippen LogP contribution in [0.25, 0.3) is 10.8 Å². The van der Waals surface area contributed by atoms with Gasteiger partial charge in [0.15, 0.2) is 5.69 Å². The van der Waals surface area contributed by atoms with Crippen molar-refractivity contribution in [3.63, 3.8) is 0 Å². The van der Waals surface area contributed by atoms with Crippen LogP contribution in [0.15, 0.2) is 72.2 Å². The first kappa shape index (κ1) is 29.0. The Morgan fingerprint density at radius 1 is 0.978 bits per heavy atom. The van der Waals surface area contributed by atoms with E-state index in [1.165, 1.54) is 4.68 Å². The first-order valence-electron chi connectivity index (χ1n) is 14.5. The Labute approximate surface area is 255 Å². The van der Waals surface area contributed by atoms with Crippen LogP contribution in [0, 0.1) is 17.7 Å². The third-order valence-electron chi connectivity index (χ3n) is 8.91. The van der Waals surface area contributed by atoms with Crippen molar-refractivity contribution in [1.29, 1.82) is 0 Å². The molecule has 0 bridgehead atoms. The fourth-order valence-corrected chi connectivity index (χ4v) is 6.82. The van der Waals surface area contributed by atoms with Crippen LogP contribution >= 0.6 is 0 Å². The van der Waals surface area contributed by atoms with Crippen LogP contribution in [0.2, 0.25) is 0 Å². The van der Waals surface area contributed by atoms with Crippen LogP contribution in [0.3, 0.4) is 0 Å². The topological polar surface area (TPSA) is 95.4 Å². The number of alkyl halides is 3. The maximum atomic E-state index is 14.9. The number of pyridine rings is 1. The highest BCUT2D eigenvalue weighted by Gasteiger charge is 2.42. The van der Waals surface area contributed by atoms with Gasteiger partial charge < -0.3 is 20.4 Å². The van der Waals surface area contributed by atoms with Crippen molar-refractivity contribution >= 4 is 34.1 Å². The van der Waals surface area contributed by atoms with E-state index in [0.29, 0.717) is 48.2 Å². The van der Waals surface area contributed by atoms with E-state index in [1.807, 2.05) is 0 Å². The summed E-state index contributed by atoms with van der Waals surface area (Å²) in [6.45, 7) is 4.66. The summed E-state index contributed by atoms with van der Waals surface area (Å²) in [5.74, 6) is -1.20. The number of carbonyl (C=O) groups is 2. The van der Waals surface area contributed by atoms with Crippen molar-refractivity contribution in [3.05, 3.63) is 94.8 Å². The fraction of sp³-hybridized carbons (Fsp3) is 0.312. The van der Waals surface area contributed by atoms with Crippen molar-refractivity contribution in [2.75, 3.05) is 43.9 Å². The number of nitrogens with one attached hydrogen (secondary N) is 2. The summed E-state index contributed by atoms with van der Waals surface area (Å²) in [4.78, 5) is 35.6. The zero-order chi connectivity index (χ0) is 31.6. The normalized spacial score (nSPS) is 21.6. The molecule has 3 aliphatic heterocycles. The number of amides is 2. The first-order valence-corrected chi connectivity index (χ1v) is 14.5. The van der Waals surface area contributed by atoms with Crippen molar-refractivity contribution in [3.8, 4) is 0 Å². The van der Waals surface area contributed by atoms with Gasteiger partial charge in [0.1, 0.15) is 17.7 Å². The van der Waals surface area contributed by atoms with Gasteiger partial charge in [-0.3, -0.25) is 14.6 Å². The van der Waals surface area contributed by atoms with Crippen LogP contribution in [0.4, 0.5) is 29.1 Å². The summed E-state index contributed by atoms with van der Waals surface area (Å²) in [5.41, 5.74) is -0.257. The molecule has 2 N–H and O–H groups in total. The zero-order valence-corrected chi connectivity index (χ0v) is 24.4. The number of hydrogen-bond donors (Lipinski definition) is 2. The number of carbonyl (C=O) groups excluding carboxylic acids is 2. The maximum Gasteiger partial charge on any atom is 0.419 e. The maximum absolute atomic E-state index is 14.9. The van der Waals surface area contributed by atoms with Gasteiger partial charge in [0, 0.05) is 61.4 Å². The lowest BCUT2D eigenvalue weighted by molar-refractivity contribution is -0.140. The number of allylic oxidation sites excluding steroid dienone is 1. The second kappa shape index (κ2) is 10.7. The van der Waals surface area contributed by atoms with E-state index in [4.69, 9.17) is 0 Å². The third-order valence-corrected chi connectivity index (χ3v) is 8.91. The van der Waals surface area contributed by atoms with E-state index in [1.54, 1.807) is 54.5 Å². The molecule has 13 heteroatoms. The summed E-state index contributed by atoms with van der Waals surface area (Å²) >= 11 is 0. The van der Waals surface area contributed by atoms with Crippen molar-refractivity contribution in [1.82, 2.24) is 24.6 Å². The summed E-state index contributed by atoms with van der Waals surface area (Å²) < 4.78 is 56.6. The standard InChI is InChI=1S/C32H29F4N7O2/c1-17-28(30(44)39-23-5-3-20-12-37-8-7-18(20)9-23)29(19-4-6-24(25(33)10-19)32(34,35)36)43-27(38-17)11-26(40-43)31(45)42-15-21-13-41(2)14-22(21)16-42/h3-12,21-22,29,38H,13-16H2,1-2H3,(H,39,44). The average Bonchev–Trinajstić information content (AvgIpc) is 3.68. The lowest BCUT2D eigenvalue weighted by Gasteiger charge is -2.30. The number of likely N-dealkylation sites (tertiary alicyclic amines) is 2. The fourth-order valence-electron chi connectivity index (χ4n) is 6.82. The SMILES string of the molecule is CC1=C(C(=O)Nc2ccc3cnccc3c2)C(c2ccc(C(F)(F)F)c(F)c2)n2nc(C(=O)N3CC4CN(C)CC4C3)cc2N1. The summed E-state index contributed by atoms with van der Waals surface area (Å²) in [5, 5.41) is 12.3. The molecular weight excluding hydrogens is 590 g/mol. The molecule has 5 heterocycles. The third kappa shape index (κ3) is 5.20. The van der Waals surface area contributed by atoms with Gasteiger partial charge in [0.2, 0.25) is 0 Å². The van der Waals surface area contributed by atoms with E-state index in [2.05, 4.69) is 32.7 Å². The van der Waals surface area contributed by atoms with Gasteiger partial charge in [-0.25, -0.2) is 9.07 Å². The number of nitrogens with zero attached hydrogens (tertiary/aromatic N) is 5. The van der Waals surface area contributed by atoms with Gasteiger partial charge in [-0.15, -0.1) is 0 Å². The zero-order valence-electron chi connectivity index (χ0n) is 24.4. The number of hydrogen-bond acceptors (Lipinski definition) is 6. The van der Waals surface area contributed by atoms with Crippen LogP contribution in [-0.4, -0.2) is 69.6 Å². The average molecular weight is 620 g/mol. The van der Waals surface area contributed by atoms with E-state index in [0.717, 1.165) is 36.0 Å². The Bertz CT molecular complexity index is 1870. The summed E-state index contributed by atoms with van der Waals surface area (Å²) in [6.07, 6.45) is -1.57. The Morgan fingerprint density at radius 2 is 1.73 bits per heavy atom. The molecule has 3 unspecified atom stereocenters. The lowest BCUT2D eigenvalue weighted by Crippen LogP contribution is -2.33. The number of benzene rings is 2. The van der Waals surface area contributed by atoms with E-state index in [-0.39, 0.29) is 22.7 Å². The molecule has 3 aliphatic rings. The molecule has 4 aromatic rings. The van der Waals surface area contributed by atoms with Crippen molar-refractivity contribution < 1.29 is 27.2 Å². The number of anilines is 2. The minimum Gasteiger partial charge on any atom is -0.344 e. The van der Waals surface area contributed by atoms with Gasteiger partial charge >= 0.3 is 6.18 Å². The highest BCUT2D eigenvalue weighted by atomic mass is 19.4. The molecule has 2 aromatic carbocycles. The molecule has 2 amide bonds. The van der Waals surface area contributed by atoms with E-state index < -0.39 is 29.5 Å². The Kier molecular flexibility index (Phi) is 6.88. The Morgan fingerprint density at radius 3 is 2.44 bits per heavy atom. The molecule has 232 valence electrons. The smallest absolute Gasteiger partial charge is 0.344 e. The molecule has 2 fully saturated rings. The monoisotopic (exact) mass is 619 g/mol. The highest BCUT2D eigenvalue weighted by molar-refractivity contribution is 6.07. The highest BCUT2D eigenvalue weighted by Crippen LogP contribution is 2.40. The molecular formula is C32H29F4N7O2. The lowest BCUT2D eigenvalue weighted by atomic mass is 9.93. The van der Waals surface area contributed by atoms with Crippen molar-refractivity contribution in [2.24, 2.45) is 11.8 Å². The summed E-state index contributed by atoms with van der Waals surface area (Å²) in [6, 6.07) is 10.1. The molecule has 0 spiro atoms. The molecule has 2 aromatic heterocycles. The van der Waals surface area contributed by atoms with Gasteiger partial charge in [0.25, 0.3) is 11.8 Å². The predicted molar refractivity (Wildman–Crippen MR) is 159 cm³/mol. The van der Waals surface area contributed by atoms with Crippen LogP contribution in [0.5, 0.6) is 0 Å². The Hall–Kier alpha value is -4.78. The molecule has 2 saturated heterocycles. The van der Waals surface area contributed by atoms with Crippen LogP contribution in [0.1, 0.15) is 34.6 Å². The van der Waals surface area contributed by atoms with Gasteiger partial charge in [-0.2, -0.15) is 18.3 Å². The largest absolute Gasteiger partial charge is 0.419 e. The van der Waals surface area contributed by atoms with Gasteiger partial charge in [-0.05, 0) is 67.1 Å². The molecule has 7 rings (SSSR count). The number of rotatable bonds is 4. The van der Waals surface area contributed by atoms with Crippen molar-refractivity contribution in [2.45, 2.75) is 19.1 Å². The molecule has 0 aliphatic carbocycles. The van der Waals surface area contributed by atoms with Gasteiger partial charge in [0.05, 0.1) is 11.1 Å². The Balaban J connectivity index is 1.25. The molecule has 45 heavy (non-hydrogen) atoms. The second-order valence-electron chi connectivity index (χ2n) is 12.0. The van der Waals surface area contributed by atoms with Gasteiger partial charge in [-0.1, -0.05) is 12.1 Å². The van der Waals surface area contributed by atoms with E-state index >= 15 is 0 Å². The van der Waals surface area contributed by atoms with E-state index in [9.17, 15) is 27.2 Å².